The second-order valence-corrected chi connectivity index (χ2v) is 5.39. The van der Waals surface area contributed by atoms with Crippen LogP contribution in [0.15, 0.2) is 24.3 Å². The maximum Gasteiger partial charge on any atom is 0.137 e. The molecule has 1 aromatic carbocycles. The molecular formula is C15H25NO2. The lowest BCUT2D eigenvalue weighted by Crippen LogP contribution is -2.45. The Morgan fingerprint density at radius 1 is 1.22 bits per heavy atom. The number of aliphatic hydroxyl groups excluding tert-OH is 1. The highest BCUT2D eigenvalue weighted by atomic mass is 16.5. The standard InChI is InChI=1S/C15H25NO2/c1-10(2)12-6-5-7-13(8-12)18-14(9-17)15(16)11(3)4/h5-8,10-11,14-15,17H,9,16H2,1-4H3. The topological polar surface area (TPSA) is 55.5 Å². The molecule has 1 aromatic rings. The van der Waals surface area contributed by atoms with Crippen molar-refractivity contribution in [2.75, 3.05) is 6.61 Å². The first-order valence-electron chi connectivity index (χ1n) is 6.58. The highest BCUT2D eigenvalue weighted by Crippen LogP contribution is 2.22. The molecule has 0 saturated heterocycles. The van der Waals surface area contributed by atoms with Gasteiger partial charge in [-0.15, -0.1) is 0 Å². The minimum Gasteiger partial charge on any atom is -0.486 e. The molecule has 3 N–H and O–H groups in total. The van der Waals surface area contributed by atoms with E-state index in [0.29, 0.717) is 5.92 Å². The zero-order valence-electron chi connectivity index (χ0n) is 11.8. The van der Waals surface area contributed by atoms with Gasteiger partial charge in [0.05, 0.1) is 6.61 Å². The molecule has 3 heteroatoms. The van der Waals surface area contributed by atoms with E-state index in [1.165, 1.54) is 5.56 Å². The Kier molecular flexibility index (Phi) is 5.63. The second kappa shape index (κ2) is 6.76. The van der Waals surface area contributed by atoms with Gasteiger partial charge in [-0.1, -0.05) is 39.8 Å². The van der Waals surface area contributed by atoms with Crippen molar-refractivity contribution in [2.45, 2.75) is 45.8 Å². The quantitative estimate of drug-likeness (QED) is 0.817. The number of nitrogens with two attached hydrogens (primary N) is 1. The Hall–Kier alpha value is -1.06. The van der Waals surface area contributed by atoms with E-state index < -0.39 is 0 Å². The molecule has 0 fully saturated rings. The van der Waals surface area contributed by atoms with Gasteiger partial charge in [0.1, 0.15) is 11.9 Å². The molecule has 2 unspecified atom stereocenters. The van der Waals surface area contributed by atoms with E-state index in [4.69, 9.17) is 10.5 Å². The van der Waals surface area contributed by atoms with E-state index in [1.807, 2.05) is 32.0 Å². The fourth-order valence-electron chi connectivity index (χ4n) is 1.79. The molecule has 0 saturated carbocycles. The summed E-state index contributed by atoms with van der Waals surface area (Å²) in [6.07, 6.45) is -0.354. The third kappa shape index (κ3) is 4.00. The summed E-state index contributed by atoms with van der Waals surface area (Å²) in [6, 6.07) is 7.80. The van der Waals surface area contributed by atoms with Gasteiger partial charge in [0, 0.05) is 6.04 Å². The van der Waals surface area contributed by atoms with Gasteiger partial charge in [-0.3, -0.25) is 0 Å². The zero-order chi connectivity index (χ0) is 13.7. The third-order valence-corrected chi connectivity index (χ3v) is 3.19. The Labute approximate surface area is 110 Å². The average molecular weight is 251 g/mol. The summed E-state index contributed by atoms with van der Waals surface area (Å²) in [5, 5.41) is 9.38. The molecule has 0 radical (unpaired) electrons. The summed E-state index contributed by atoms with van der Waals surface area (Å²) >= 11 is 0. The number of rotatable bonds is 6. The van der Waals surface area contributed by atoms with Crippen LogP contribution in [0.25, 0.3) is 0 Å². The fourth-order valence-corrected chi connectivity index (χ4v) is 1.79. The molecule has 3 nitrogen and oxygen atoms in total. The molecule has 18 heavy (non-hydrogen) atoms. The maximum absolute atomic E-state index is 9.38. The Bertz CT molecular complexity index is 363. The van der Waals surface area contributed by atoms with Gasteiger partial charge in [0.25, 0.3) is 0 Å². The summed E-state index contributed by atoms with van der Waals surface area (Å²) in [5.41, 5.74) is 7.26. The number of ether oxygens (including phenoxy) is 1. The van der Waals surface area contributed by atoms with Crippen LogP contribution < -0.4 is 10.5 Å². The second-order valence-electron chi connectivity index (χ2n) is 5.39. The van der Waals surface area contributed by atoms with Crippen molar-refractivity contribution in [3.05, 3.63) is 29.8 Å². The molecule has 0 aliphatic heterocycles. The van der Waals surface area contributed by atoms with Crippen LogP contribution in [0.5, 0.6) is 5.75 Å². The lowest BCUT2D eigenvalue weighted by molar-refractivity contribution is 0.0810. The highest BCUT2D eigenvalue weighted by molar-refractivity contribution is 5.30. The largest absolute Gasteiger partial charge is 0.486 e. The molecule has 102 valence electrons. The first kappa shape index (κ1) is 15.0. The minimum atomic E-state index is -0.354. The summed E-state index contributed by atoms with van der Waals surface area (Å²) < 4.78 is 5.80. The molecule has 0 amide bonds. The third-order valence-electron chi connectivity index (χ3n) is 3.19. The van der Waals surface area contributed by atoms with Crippen molar-refractivity contribution >= 4 is 0 Å². The first-order chi connectivity index (χ1) is 8.45. The van der Waals surface area contributed by atoms with Gasteiger partial charge in [0.2, 0.25) is 0 Å². The predicted molar refractivity (Wildman–Crippen MR) is 74.8 cm³/mol. The van der Waals surface area contributed by atoms with Crippen LogP contribution in [0.2, 0.25) is 0 Å². The Balaban J connectivity index is 2.78. The van der Waals surface area contributed by atoms with Crippen LogP contribution in [0.1, 0.15) is 39.2 Å². The SMILES string of the molecule is CC(C)c1cccc(OC(CO)C(N)C(C)C)c1. The highest BCUT2D eigenvalue weighted by Gasteiger charge is 2.21. The van der Waals surface area contributed by atoms with Gasteiger partial charge in [-0.05, 0) is 29.5 Å². The van der Waals surface area contributed by atoms with E-state index in [1.54, 1.807) is 0 Å². The molecule has 2 atom stereocenters. The van der Waals surface area contributed by atoms with E-state index in [2.05, 4.69) is 19.9 Å². The predicted octanol–water partition coefficient (Wildman–Crippen LogP) is 2.53. The van der Waals surface area contributed by atoms with E-state index >= 15 is 0 Å². The molecule has 0 bridgehead atoms. The molecule has 1 rings (SSSR count). The van der Waals surface area contributed by atoms with Gasteiger partial charge in [-0.25, -0.2) is 0 Å². The Morgan fingerprint density at radius 2 is 1.89 bits per heavy atom. The molecule has 0 spiro atoms. The van der Waals surface area contributed by atoms with Crippen molar-refractivity contribution in [1.29, 1.82) is 0 Å². The number of benzene rings is 1. The van der Waals surface area contributed by atoms with Crippen molar-refractivity contribution in [3.8, 4) is 5.75 Å². The molecular weight excluding hydrogens is 226 g/mol. The van der Waals surface area contributed by atoms with Crippen molar-refractivity contribution in [2.24, 2.45) is 11.7 Å². The molecule has 0 aliphatic carbocycles. The van der Waals surface area contributed by atoms with Crippen LogP contribution in [-0.2, 0) is 0 Å². The smallest absolute Gasteiger partial charge is 0.137 e. The van der Waals surface area contributed by atoms with Gasteiger partial charge in [-0.2, -0.15) is 0 Å². The minimum absolute atomic E-state index is 0.0642. The van der Waals surface area contributed by atoms with Gasteiger partial charge < -0.3 is 15.6 Å². The maximum atomic E-state index is 9.38. The summed E-state index contributed by atoms with van der Waals surface area (Å²) in [7, 11) is 0. The summed E-state index contributed by atoms with van der Waals surface area (Å²) in [5.74, 6) is 1.51. The van der Waals surface area contributed by atoms with Gasteiger partial charge >= 0.3 is 0 Å². The summed E-state index contributed by atoms with van der Waals surface area (Å²) in [4.78, 5) is 0. The fraction of sp³-hybridized carbons (Fsp3) is 0.600. The zero-order valence-corrected chi connectivity index (χ0v) is 11.8. The van der Waals surface area contributed by atoms with Crippen LogP contribution in [0.3, 0.4) is 0 Å². The first-order valence-corrected chi connectivity index (χ1v) is 6.58. The number of hydrogen-bond donors (Lipinski definition) is 2. The molecule has 0 heterocycles. The van der Waals surface area contributed by atoms with Crippen molar-refractivity contribution in [1.82, 2.24) is 0 Å². The molecule has 0 aromatic heterocycles. The lowest BCUT2D eigenvalue weighted by atomic mass is 9.99. The monoisotopic (exact) mass is 251 g/mol. The van der Waals surface area contributed by atoms with E-state index in [9.17, 15) is 5.11 Å². The average Bonchev–Trinajstić information content (AvgIpc) is 2.35. The lowest BCUT2D eigenvalue weighted by Gasteiger charge is -2.26. The van der Waals surface area contributed by atoms with E-state index in [0.717, 1.165) is 5.75 Å². The van der Waals surface area contributed by atoms with Crippen LogP contribution in [-0.4, -0.2) is 23.9 Å². The van der Waals surface area contributed by atoms with Crippen molar-refractivity contribution in [3.63, 3.8) is 0 Å². The normalized spacial score (nSPS) is 14.9. The van der Waals surface area contributed by atoms with Crippen LogP contribution >= 0.6 is 0 Å². The van der Waals surface area contributed by atoms with Gasteiger partial charge in [0.15, 0.2) is 0 Å². The van der Waals surface area contributed by atoms with Crippen molar-refractivity contribution < 1.29 is 9.84 Å². The Morgan fingerprint density at radius 3 is 2.39 bits per heavy atom. The number of hydrogen-bond acceptors (Lipinski definition) is 3. The van der Waals surface area contributed by atoms with Crippen LogP contribution in [0.4, 0.5) is 0 Å². The van der Waals surface area contributed by atoms with Crippen LogP contribution in [0, 0.1) is 5.92 Å². The summed E-state index contributed by atoms with van der Waals surface area (Å²) in [6.45, 7) is 8.28. The molecule has 0 aliphatic rings. The van der Waals surface area contributed by atoms with E-state index in [-0.39, 0.29) is 24.7 Å². The number of aliphatic hydroxyl groups is 1.